The quantitative estimate of drug-likeness (QED) is 0.844. The van der Waals surface area contributed by atoms with Crippen molar-refractivity contribution in [1.82, 2.24) is 4.57 Å². The van der Waals surface area contributed by atoms with Crippen molar-refractivity contribution in [3.05, 3.63) is 57.4 Å². The molecule has 0 aliphatic heterocycles. The number of benzene rings is 1. The first-order valence-electron chi connectivity index (χ1n) is 6.99. The third kappa shape index (κ3) is 2.83. The van der Waals surface area contributed by atoms with E-state index in [1.807, 2.05) is 16.7 Å². The van der Waals surface area contributed by atoms with E-state index in [9.17, 15) is 4.79 Å². The average molecular weight is 287 g/mol. The zero-order valence-corrected chi connectivity index (χ0v) is 13.2. The average Bonchev–Trinajstić information content (AvgIpc) is 2.44. The van der Waals surface area contributed by atoms with Gasteiger partial charge in [0.15, 0.2) is 0 Å². The highest BCUT2D eigenvalue weighted by Gasteiger charge is 2.11. The zero-order valence-electron chi connectivity index (χ0n) is 12.3. The summed E-state index contributed by atoms with van der Waals surface area (Å²) in [5.41, 5.74) is 5.39. The van der Waals surface area contributed by atoms with Crippen LogP contribution in [0.4, 0.5) is 0 Å². The van der Waals surface area contributed by atoms with E-state index < -0.39 is 0 Å². The third-order valence-corrected chi connectivity index (χ3v) is 3.88. The van der Waals surface area contributed by atoms with Crippen molar-refractivity contribution in [2.24, 2.45) is 0 Å². The lowest BCUT2D eigenvalue weighted by Gasteiger charge is -2.16. The SMILES string of the molecule is CCCn1c(-c2cc(C)ccc2C)ccc(CS)c1=O. The normalized spacial score (nSPS) is 10.8. The van der Waals surface area contributed by atoms with Crippen LogP contribution in [0.25, 0.3) is 11.3 Å². The maximum Gasteiger partial charge on any atom is 0.255 e. The second kappa shape index (κ2) is 6.31. The van der Waals surface area contributed by atoms with Crippen molar-refractivity contribution in [2.75, 3.05) is 0 Å². The predicted octanol–water partition coefficient (Wildman–Crippen LogP) is 3.97. The maximum atomic E-state index is 12.5. The summed E-state index contributed by atoms with van der Waals surface area (Å²) in [6.07, 6.45) is 0.938. The number of aromatic nitrogens is 1. The molecule has 0 amide bonds. The molecule has 0 fully saturated rings. The molecule has 1 aromatic carbocycles. The van der Waals surface area contributed by atoms with Gasteiger partial charge in [0.25, 0.3) is 5.56 Å². The van der Waals surface area contributed by atoms with Gasteiger partial charge in [-0.05, 0) is 38.0 Å². The lowest BCUT2D eigenvalue weighted by atomic mass is 10.0. The zero-order chi connectivity index (χ0) is 14.7. The van der Waals surface area contributed by atoms with E-state index >= 15 is 0 Å². The van der Waals surface area contributed by atoms with Gasteiger partial charge in [0.1, 0.15) is 0 Å². The molecule has 0 aliphatic rings. The molecule has 0 atom stereocenters. The Balaban J connectivity index is 2.70. The lowest BCUT2D eigenvalue weighted by Crippen LogP contribution is -2.24. The van der Waals surface area contributed by atoms with E-state index in [0.717, 1.165) is 29.8 Å². The van der Waals surface area contributed by atoms with Crippen LogP contribution in [0.15, 0.2) is 35.1 Å². The Morgan fingerprint density at radius 3 is 2.55 bits per heavy atom. The van der Waals surface area contributed by atoms with E-state index in [1.54, 1.807) is 0 Å². The number of rotatable bonds is 4. The van der Waals surface area contributed by atoms with Gasteiger partial charge >= 0.3 is 0 Å². The predicted molar refractivity (Wildman–Crippen MR) is 88.6 cm³/mol. The van der Waals surface area contributed by atoms with Crippen LogP contribution in [0.2, 0.25) is 0 Å². The molecule has 2 aromatic rings. The number of hydrogen-bond acceptors (Lipinski definition) is 2. The van der Waals surface area contributed by atoms with Gasteiger partial charge < -0.3 is 4.57 Å². The third-order valence-electron chi connectivity index (χ3n) is 3.54. The lowest BCUT2D eigenvalue weighted by molar-refractivity contribution is 0.656. The summed E-state index contributed by atoms with van der Waals surface area (Å²) < 4.78 is 1.88. The van der Waals surface area contributed by atoms with Gasteiger partial charge in [-0.2, -0.15) is 12.6 Å². The van der Waals surface area contributed by atoms with Crippen LogP contribution < -0.4 is 5.56 Å². The number of thiol groups is 1. The van der Waals surface area contributed by atoms with Crippen molar-refractivity contribution in [1.29, 1.82) is 0 Å². The van der Waals surface area contributed by atoms with Crippen LogP contribution in [0.5, 0.6) is 0 Å². The van der Waals surface area contributed by atoms with Gasteiger partial charge in [0.05, 0.1) is 5.69 Å². The maximum absolute atomic E-state index is 12.5. The minimum Gasteiger partial charge on any atom is -0.308 e. The van der Waals surface area contributed by atoms with Gasteiger partial charge in [-0.25, -0.2) is 0 Å². The minimum absolute atomic E-state index is 0.0836. The summed E-state index contributed by atoms with van der Waals surface area (Å²) in [5, 5.41) is 0. The van der Waals surface area contributed by atoms with Crippen LogP contribution in [-0.4, -0.2) is 4.57 Å². The molecule has 2 nitrogen and oxygen atoms in total. The second-order valence-corrected chi connectivity index (χ2v) is 5.49. The Bertz CT molecular complexity index is 673. The molecule has 2 rings (SSSR count). The van der Waals surface area contributed by atoms with Crippen LogP contribution in [0.3, 0.4) is 0 Å². The molecular weight excluding hydrogens is 266 g/mol. The van der Waals surface area contributed by atoms with Crippen LogP contribution in [0.1, 0.15) is 30.0 Å². The molecule has 0 spiro atoms. The highest BCUT2D eigenvalue weighted by molar-refractivity contribution is 7.79. The van der Waals surface area contributed by atoms with Gasteiger partial charge in [0.2, 0.25) is 0 Å². The first-order valence-corrected chi connectivity index (χ1v) is 7.63. The highest BCUT2D eigenvalue weighted by Crippen LogP contribution is 2.24. The number of pyridine rings is 1. The van der Waals surface area contributed by atoms with Crippen molar-refractivity contribution in [2.45, 2.75) is 39.5 Å². The van der Waals surface area contributed by atoms with Crippen LogP contribution in [-0.2, 0) is 12.3 Å². The Morgan fingerprint density at radius 1 is 1.15 bits per heavy atom. The molecular formula is C17H21NOS. The molecule has 1 heterocycles. The van der Waals surface area contributed by atoms with E-state index in [-0.39, 0.29) is 5.56 Å². The summed E-state index contributed by atoms with van der Waals surface area (Å²) in [6.45, 7) is 6.99. The smallest absolute Gasteiger partial charge is 0.255 e. The first-order chi connectivity index (χ1) is 9.58. The first kappa shape index (κ1) is 14.9. The topological polar surface area (TPSA) is 22.0 Å². The molecule has 0 unspecified atom stereocenters. The second-order valence-electron chi connectivity index (χ2n) is 5.18. The van der Waals surface area contributed by atoms with Gasteiger partial charge in [-0.1, -0.05) is 30.7 Å². The van der Waals surface area contributed by atoms with E-state index in [0.29, 0.717) is 5.75 Å². The van der Waals surface area contributed by atoms with E-state index in [4.69, 9.17) is 0 Å². The van der Waals surface area contributed by atoms with Crippen molar-refractivity contribution < 1.29 is 0 Å². The van der Waals surface area contributed by atoms with Crippen LogP contribution in [0, 0.1) is 13.8 Å². The molecule has 0 bridgehead atoms. The molecule has 0 aliphatic carbocycles. The summed E-state index contributed by atoms with van der Waals surface area (Å²) >= 11 is 4.24. The molecule has 1 aromatic heterocycles. The van der Waals surface area contributed by atoms with Gasteiger partial charge in [0, 0.05) is 23.4 Å². The summed E-state index contributed by atoms with van der Waals surface area (Å²) in [4.78, 5) is 12.5. The van der Waals surface area contributed by atoms with E-state index in [2.05, 4.69) is 51.6 Å². The molecule has 0 N–H and O–H groups in total. The molecule has 106 valence electrons. The number of nitrogens with zero attached hydrogens (tertiary/aromatic N) is 1. The van der Waals surface area contributed by atoms with Crippen molar-refractivity contribution in [3.8, 4) is 11.3 Å². The van der Waals surface area contributed by atoms with E-state index in [1.165, 1.54) is 11.1 Å². The minimum atomic E-state index is 0.0836. The molecule has 0 saturated carbocycles. The Morgan fingerprint density at radius 2 is 1.90 bits per heavy atom. The fourth-order valence-corrected chi connectivity index (χ4v) is 2.68. The number of aryl methyl sites for hydroxylation is 2. The van der Waals surface area contributed by atoms with Gasteiger partial charge in [-0.15, -0.1) is 0 Å². The molecule has 0 saturated heterocycles. The molecule has 0 radical (unpaired) electrons. The van der Waals surface area contributed by atoms with Gasteiger partial charge in [-0.3, -0.25) is 4.79 Å². The molecule has 20 heavy (non-hydrogen) atoms. The Kier molecular flexibility index (Phi) is 4.71. The Hall–Kier alpha value is -1.48. The molecule has 3 heteroatoms. The largest absolute Gasteiger partial charge is 0.308 e. The monoisotopic (exact) mass is 287 g/mol. The Labute approximate surface area is 125 Å². The van der Waals surface area contributed by atoms with Crippen molar-refractivity contribution in [3.63, 3.8) is 0 Å². The van der Waals surface area contributed by atoms with Crippen molar-refractivity contribution >= 4 is 12.6 Å². The summed E-state index contributed by atoms with van der Waals surface area (Å²) in [7, 11) is 0. The fourth-order valence-electron chi connectivity index (χ4n) is 2.44. The van der Waals surface area contributed by atoms with Crippen LogP contribution >= 0.6 is 12.6 Å². The summed E-state index contributed by atoms with van der Waals surface area (Å²) in [6, 6.07) is 10.3. The standard InChI is InChI=1S/C17H21NOS/c1-4-9-18-16(8-7-14(11-20)17(18)19)15-10-12(2)5-6-13(15)3/h5-8,10,20H,4,9,11H2,1-3H3. The number of hydrogen-bond donors (Lipinski definition) is 1. The summed E-state index contributed by atoms with van der Waals surface area (Å²) in [5.74, 6) is 0.482. The fraction of sp³-hybridized carbons (Fsp3) is 0.353. The highest BCUT2D eigenvalue weighted by atomic mass is 32.1.